The van der Waals surface area contributed by atoms with Gasteiger partial charge in [0.2, 0.25) is 0 Å². The molecule has 2 unspecified atom stereocenters. The monoisotopic (exact) mass is 582 g/mol. The van der Waals surface area contributed by atoms with Crippen molar-refractivity contribution in [2.45, 2.75) is 56.2 Å². The van der Waals surface area contributed by atoms with Gasteiger partial charge in [0.05, 0.1) is 24.7 Å². The molecule has 1 amide bonds. The van der Waals surface area contributed by atoms with Crippen LogP contribution in [0.1, 0.15) is 54.2 Å². The lowest BCUT2D eigenvalue weighted by Crippen LogP contribution is -2.54. The molecule has 3 atom stereocenters. The number of hydrogen-bond donors (Lipinski definition) is 2. The van der Waals surface area contributed by atoms with Gasteiger partial charge in [0.15, 0.2) is 5.69 Å². The molecule has 41 heavy (non-hydrogen) atoms. The van der Waals surface area contributed by atoms with Gasteiger partial charge in [-0.05, 0) is 31.2 Å². The van der Waals surface area contributed by atoms with Gasteiger partial charge in [-0.3, -0.25) is 4.79 Å². The van der Waals surface area contributed by atoms with Gasteiger partial charge in [0.1, 0.15) is 5.60 Å². The maximum absolute atomic E-state index is 14.2. The van der Waals surface area contributed by atoms with E-state index >= 15 is 0 Å². The Bertz CT molecular complexity index is 1220. The van der Waals surface area contributed by atoms with Gasteiger partial charge in [-0.25, -0.2) is 4.98 Å². The van der Waals surface area contributed by atoms with Crippen molar-refractivity contribution in [3.8, 4) is 11.3 Å². The number of halogens is 1. The molecule has 2 aromatic carbocycles. The molecule has 0 radical (unpaired) electrons. The summed E-state index contributed by atoms with van der Waals surface area (Å²) in [4.78, 5) is 21.0. The number of amides is 1. The molecular weight excluding hydrogens is 540 g/mol. The number of piperazine rings is 1. The van der Waals surface area contributed by atoms with Crippen molar-refractivity contribution < 1.29 is 19.4 Å². The van der Waals surface area contributed by atoms with E-state index in [-0.39, 0.29) is 37.0 Å². The number of rotatable bonds is 11. The van der Waals surface area contributed by atoms with Crippen molar-refractivity contribution in [1.29, 1.82) is 0 Å². The van der Waals surface area contributed by atoms with Crippen LogP contribution in [0.25, 0.3) is 11.3 Å². The summed E-state index contributed by atoms with van der Waals surface area (Å²) in [7, 11) is 1.68. The molecule has 1 saturated heterocycles. The molecule has 2 heterocycles. The predicted molar refractivity (Wildman–Crippen MR) is 163 cm³/mol. The number of aromatic nitrogens is 2. The number of carbonyl (C=O) groups is 1. The van der Waals surface area contributed by atoms with Crippen LogP contribution in [-0.2, 0) is 15.9 Å². The van der Waals surface area contributed by atoms with Gasteiger partial charge in [-0.15, -0.1) is 12.4 Å². The molecule has 1 saturated carbocycles. The summed E-state index contributed by atoms with van der Waals surface area (Å²) in [6, 6.07) is 20.1. The van der Waals surface area contributed by atoms with E-state index in [2.05, 4.69) is 22.0 Å². The van der Waals surface area contributed by atoms with Crippen LogP contribution in [0.4, 0.5) is 0 Å². The van der Waals surface area contributed by atoms with Crippen LogP contribution in [0.3, 0.4) is 0 Å². The van der Waals surface area contributed by atoms with E-state index in [1.54, 1.807) is 13.4 Å². The number of nitrogens with one attached hydrogen (secondary N) is 1. The average Bonchev–Trinajstić information content (AvgIpc) is 3.43. The first-order chi connectivity index (χ1) is 19.6. The molecule has 1 aromatic heterocycles. The highest BCUT2D eigenvalue weighted by molar-refractivity contribution is 5.98. The molecule has 3 aromatic rings. The van der Waals surface area contributed by atoms with E-state index in [4.69, 9.17) is 14.5 Å². The third-order valence-corrected chi connectivity index (χ3v) is 8.25. The topological polar surface area (TPSA) is 88.8 Å². The van der Waals surface area contributed by atoms with Crippen molar-refractivity contribution in [2.75, 3.05) is 46.6 Å². The Balaban J connectivity index is 0.00000387. The molecule has 222 valence electrons. The molecule has 8 nitrogen and oxygen atoms in total. The first kappa shape index (κ1) is 31.2. The summed E-state index contributed by atoms with van der Waals surface area (Å²) in [6.07, 6.45) is 6.71. The standard InChI is InChI=1S/C32H42N4O4.ClH/c1-39-19-10-20-40-23-32(38)16-9-8-15-28(32)36-24-34-29(30(36)26-13-6-3-7-14-26)31(37)35-18-17-33-22-27(35)21-25-11-4-2-5-12-25;/h2-7,11-14,24,27-28,33,38H,8-10,15-23H2,1H3;1H/t27-,28?,32?;/m1./s1. The van der Waals surface area contributed by atoms with Crippen LogP contribution >= 0.6 is 12.4 Å². The van der Waals surface area contributed by atoms with Crippen molar-refractivity contribution in [2.24, 2.45) is 0 Å². The summed E-state index contributed by atoms with van der Waals surface area (Å²) in [5.74, 6) is -0.0600. The summed E-state index contributed by atoms with van der Waals surface area (Å²) in [6.45, 7) is 3.53. The average molecular weight is 583 g/mol. The Morgan fingerprint density at radius 2 is 1.85 bits per heavy atom. The van der Waals surface area contributed by atoms with Gasteiger partial charge in [-0.1, -0.05) is 73.5 Å². The molecular formula is C32H43ClN4O4. The molecule has 5 rings (SSSR count). The molecule has 1 aliphatic carbocycles. The number of carbonyl (C=O) groups excluding carboxylic acids is 1. The van der Waals surface area contributed by atoms with E-state index in [1.807, 2.05) is 53.4 Å². The number of benzene rings is 2. The second kappa shape index (κ2) is 14.9. The maximum atomic E-state index is 14.2. The zero-order valence-electron chi connectivity index (χ0n) is 23.9. The van der Waals surface area contributed by atoms with E-state index in [0.29, 0.717) is 31.9 Å². The van der Waals surface area contributed by atoms with E-state index < -0.39 is 5.60 Å². The first-order valence-electron chi connectivity index (χ1n) is 14.6. The Kier molecular flexibility index (Phi) is 11.4. The lowest BCUT2D eigenvalue weighted by Gasteiger charge is -2.41. The quantitative estimate of drug-likeness (QED) is 0.323. The van der Waals surface area contributed by atoms with E-state index in [1.165, 1.54) is 5.56 Å². The van der Waals surface area contributed by atoms with E-state index in [9.17, 15) is 9.90 Å². The van der Waals surface area contributed by atoms with Gasteiger partial charge in [0, 0.05) is 51.6 Å². The number of aliphatic hydroxyl groups is 1. The smallest absolute Gasteiger partial charge is 0.275 e. The largest absolute Gasteiger partial charge is 0.385 e. The second-order valence-corrected chi connectivity index (χ2v) is 11.0. The Morgan fingerprint density at radius 3 is 2.61 bits per heavy atom. The number of ether oxygens (including phenoxy) is 2. The zero-order chi connectivity index (χ0) is 27.8. The van der Waals surface area contributed by atoms with Gasteiger partial charge in [0.25, 0.3) is 5.91 Å². The number of methoxy groups -OCH3 is 1. The molecule has 1 aliphatic heterocycles. The normalized spacial score (nSPS) is 22.7. The van der Waals surface area contributed by atoms with Gasteiger partial charge < -0.3 is 29.4 Å². The van der Waals surface area contributed by atoms with Crippen LogP contribution in [0.5, 0.6) is 0 Å². The molecule has 0 bridgehead atoms. The van der Waals surface area contributed by atoms with Crippen molar-refractivity contribution in [1.82, 2.24) is 19.8 Å². The summed E-state index contributed by atoms with van der Waals surface area (Å²) in [5.41, 5.74) is 2.31. The highest BCUT2D eigenvalue weighted by Crippen LogP contribution is 2.41. The minimum Gasteiger partial charge on any atom is -0.385 e. The summed E-state index contributed by atoms with van der Waals surface area (Å²) < 4.78 is 13.1. The second-order valence-electron chi connectivity index (χ2n) is 11.0. The van der Waals surface area contributed by atoms with Crippen LogP contribution in [0.15, 0.2) is 67.0 Å². The third kappa shape index (κ3) is 7.37. The maximum Gasteiger partial charge on any atom is 0.275 e. The lowest BCUT2D eigenvalue weighted by atomic mass is 9.80. The van der Waals surface area contributed by atoms with Crippen LogP contribution < -0.4 is 5.32 Å². The Morgan fingerprint density at radius 1 is 1.10 bits per heavy atom. The van der Waals surface area contributed by atoms with Crippen LogP contribution in [0.2, 0.25) is 0 Å². The zero-order valence-corrected chi connectivity index (χ0v) is 24.7. The van der Waals surface area contributed by atoms with Crippen LogP contribution in [0, 0.1) is 0 Å². The molecule has 2 fully saturated rings. The summed E-state index contributed by atoms with van der Waals surface area (Å²) >= 11 is 0. The molecule has 0 spiro atoms. The molecule has 2 aliphatic rings. The predicted octanol–water partition coefficient (Wildman–Crippen LogP) is 4.53. The minimum absolute atomic E-state index is 0. The van der Waals surface area contributed by atoms with Gasteiger partial charge in [-0.2, -0.15) is 0 Å². The third-order valence-electron chi connectivity index (χ3n) is 8.25. The summed E-state index contributed by atoms with van der Waals surface area (Å²) in [5, 5.41) is 15.4. The van der Waals surface area contributed by atoms with Crippen molar-refractivity contribution >= 4 is 18.3 Å². The van der Waals surface area contributed by atoms with E-state index in [0.717, 1.165) is 56.5 Å². The van der Waals surface area contributed by atoms with Crippen molar-refractivity contribution in [3.05, 3.63) is 78.2 Å². The Labute approximate surface area is 249 Å². The SMILES string of the molecule is COCCCOCC1(O)CCCCC1n1cnc(C(=O)N2CCNC[C@H]2Cc2ccccc2)c1-c1ccccc1.Cl. The highest BCUT2D eigenvalue weighted by atomic mass is 35.5. The van der Waals surface area contributed by atoms with Crippen molar-refractivity contribution in [3.63, 3.8) is 0 Å². The molecule has 2 N–H and O–H groups in total. The first-order valence-corrected chi connectivity index (χ1v) is 14.6. The number of nitrogens with zero attached hydrogens (tertiary/aromatic N) is 3. The number of hydrogen-bond acceptors (Lipinski definition) is 6. The fraction of sp³-hybridized carbons (Fsp3) is 0.500. The number of imidazole rings is 1. The Hall–Kier alpha value is -2.75. The fourth-order valence-electron chi connectivity index (χ4n) is 6.19. The molecule has 9 heteroatoms. The van der Waals surface area contributed by atoms with Gasteiger partial charge >= 0.3 is 0 Å². The highest BCUT2D eigenvalue weighted by Gasteiger charge is 2.42. The van der Waals surface area contributed by atoms with Crippen LogP contribution in [-0.4, -0.2) is 83.7 Å². The minimum atomic E-state index is -1.04. The fourth-order valence-corrected chi connectivity index (χ4v) is 6.19. The lowest BCUT2D eigenvalue weighted by molar-refractivity contribution is -0.100.